The molecule has 190 valence electrons. The molecule has 2 aliphatic heterocycles. The van der Waals surface area contributed by atoms with Gasteiger partial charge in [0.05, 0.1) is 12.1 Å². The summed E-state index contributed by atoms with van der Waals surface area (Å²) < 4.78 is 20.1. The van der Waals surface area contributed by atoms with Crippen LogP contribution in [0.5, 0.6) is 0 Å². The number of hydrogen-bond donors (Lipinski definition) is 2. The molecule has 3 heterocycles. The molecule has 0 saturated carbocycles. The fraction of sp³-hybridized carbons (Fsp3) is 0.560. The standard InChI is InChI=1S/C25H35FN6O3/c1-16(28-23-27-9-8-22(29-23)32-21(17(2)33)14-35-24(32)34)18-6-7-19(20(26)12-18)13-31-11-10-30(5)25(3,4)15-31/h6-9,12,16-17,21,33H,10-11,13-15H2,1-5H3,(H,27,28,29)/t16-,17-,21+/m0/s1. The van der Waals surface area contributed by atoms with Gasteiger partial charge in [0.2, 0.25) is 5.95 Å². The van der Waals surface area contributed by atoms with Crippen LogP contribution in [0.1, 0.15) is 44.9 Å². The maximum absolute atomic E-state index is 15.0. The van der Waals surface area contributed by atoms with Gasteiger partial charge in [0.15, 0.2) is 0 Å². The quantitative estimate of drug-likeness (QED) is 0.617. The first-order valence-electron chi connectivity index (χ1n) is 12.0. The van der Waals surface area contributed by atoms with Crippen LogP contribution in [-0.4, -0.2) is 81.9 Å². The lowest BCUT2D eigenvalue weighted by Crippen LogP contribution is -2.57. The summed E-state index contributed by atoms with van der Waals surface area (Å²) in [6.07, 6.45) is 0.198. The monoisotopic (exact) mass is 486 g/mol. The summed E-state index contributed by atoms with van der Waals surface area (Å²) >= 11 is 0. The number of benzene rings is 1. The maximum Gasteiger partial charge on any atom is 0.416 e. The Hall–Kier alpha value is -2.82. The Morgan fingerprint density at radius 1 is 1.29 bits per heavy atom. The van der Waals surface area contributed by atoms with Gasteiger partial charge in [-0.2, -0.15) is 4.98 Å². The fourth-order valence-electron chi connectivity index (χ4n) is 4.56. The average molecular weight is 487 g/mol. The van der Waals surface area contributed by atoms with Crippen LogP contribution in [0.2, 0.25) is 0 Å². The minimum atomic E-state index is -0.773. The molecule has 1 amide bonds. The third-order valence-electron chi connectivity index (χ3n) is 7.06. The molecular formula is C25H35FN6O3. The average Bonchev–Trinajstić information content (AvgIpc) is 3.19. The second-order valence-electron chi connectivity index (χ2n) is 10.2. The third kappa shape index (κ3) is 5.55. The number of likely N-dealkylation sites (N-methyl/N-ethyl adjacent to an activating group) is 1. The van der Waals surface area contributed by atoms with Crippen LogP contribution < -0.4 is 10.2 Å². The summed E-state index contributed by atoms with van der Waals surface area (Å²) in [5.41, 5.74) is 1.50. The third-order valence-corrected chi connectivity index (χ3v) is 7.06. The van der Waals surface area contributed by atoms with Crippen LogP contribution >= 0.6 is 0 Å². The number of rotatable bonds is 7. The van der Waals surface area contributed by atoms with Crippen LogP contribution in [0, 0.1) is 5.82 Å². The Labute approximate surface area is 205 Å². The predicted molar refractivity (Wildman–Crippen MR) is 132 cm³/mol. The Kier molecular flexibility index (Phi) is 7.25. The van der Waals surface area contributed by atoms with Crippen LogP contribution in [0.15, 0.2) is 30.5 Å². The summed E-state index contributed by atoms with van der Waals surface area (Å²) in [7, 11) is 2.13. The number of anilines is 2. The number of piperazine rings is 1. The molecule has 1 aromatic heterocycles. The fourth-order valence-corrected chi connectivity index (χ4v) is 4.56. The summed E-state index contributed by atoms with van der Waals surface area (Å²) in [4.78, 5) is 26.8. The number of carbonyl (C=O) groups excluding carboxylic acids is 1. The van der Waals surface area contributed by atoms with Crippen LogP contribution in [0.4, 0.5) is 21.0 Å². The van der Waals surface area contributed by atoms with E-state index in [4.69, 9.17) is 4.74 Å². The molecule has 2 saturated heterocycles. The van der Waals surface area contributed by atoms with Gasteiger partial charge in [-0.05, 0) is 52.4 Å². The predicted octanol–water partition coefficient (Wildman–Crippen LogP) is 3.02. The molecule has 9 nitrogen and oxygen atoms in total. The van der Waals surface area contributed by atoms with Gasteiger partial charge in [-0.1, -0.05) is 12.1 Å². The second kappa shape index (κ2) is 10.0. The number of amides is 1. The Bertz CT molecular complexity index is 1070. The summed E-state index contributed by atoms with van der Waals surface area (Å²) in [6.45, 7) is 11.3. The number of nitrogens with zero attached hydrogens (tertiary/aromatic N) is 5. The summed E-state index contributed by atoms with van der Waals surface area (Å²) in [5.74, 6) is 0.394. The van der Waals surface area contributed by atoms with Gasteiger partial charge in [-0.3, -0.25) is 14.7 Å². The number of hydrogen-bond acceptors (Lipinski definition) is 8. The van der Waals surface area contributed by atoms with E-state index in [-0.39, 0.29) is 24.0 Å². The molecule has 0 bridgehead atoms. The van der Waals surface area contributed by atoms with Crippen LogP contribution in [0.25, 0.3) is 0 Å². The van der Waals surface area contributed by atoms with Crippen molar-refractivity contribution < 1.29 is 19.0 Å². The van der Waals surface area contributed by atoms with Gasteiger partial charge >= 0.3 is 6.09 Å². The highest BCUT2D eigenvalue weighted by molar-refractivity contribution is 5.89. The molecule has 2 N–H and O–H groups in total. The smallest absolute Gasteiger partial charge is 0.416 e. The topological polar surface area (TPSA) is 94.1 Å². The van der Waals surface area contributed by atoms with Crippen molar-refractivity contribution in [3.8, 4) is 0 Å². The number of nitrogens with one attached hydrogen (secondary N) is 1. The van der Waals surface area contributed by atoms with Crippen molar-refractivity contribution in [2.45, 2.75) is 58.0 Å². The molecule has 3 atom stereocenters. The molecule has 2 aromatic rings. The van der Waals surface area contributed by atoms with Gasteiger partial charge in [-0.15, -0.1) is 0 Å². The van der Waals surface area contributed by atoms with E-state index in [0.717, 1.165) is 25.2 Å². The lowest BCUT2D eigenvalue weighted by molar-refractivity contribution is 0.0355. The first-order valence-corrected chi connectivity index (χ1v) is 12.0. The first-order chi connectivity index (χ1) is 16.5. The van der Waals surface area contributed by atoms with E-state index in [9.17, 15) is 9.90 Å². The molecule has 0 spiro atoms. The molecule has 2 fully saturated rings. The van der Waals surface area contributed by atoms with Crippen molar-refractivity contribution in [1.82, 2.24) is 19.8 Å². The lowest BCUT2D eigenvalue weighted by atomic mass is 9.99. The minimum Gasteiger partial charge on any atom is -0.447 e. The van der Waals surface area contributed by atoms with Crippen molar-refractivity contribution >= 4 is 17.9 Å². The zero-order valence-corrected chi connectivity index (χ0v) is 21.0. The number of cyclic esters (lactones) is 1. The number of halogens is 1. The zero-order valence-electron chi connectivity index (χ0n) is 21.0. The van der Waals surface area contributed by atoms with Crippen molar-refractivity contribution in [3.05, 3.63) is 47.4 Å². The highest BCUT2D eigenvalue weighted by Gasteiger charge is 2.38. The number of ether oxygens (including phenoxy) is 1. The van der Waals surface area contributed by atoms with Gasteiger partial charge in [-0.25, -0.2) is 14.2 Å². The van der Waals surface area contributed by atoms with E-state index in [0.29, 0.717) is 23.9 Å². The molecule has 1 aromatic carbocycles. The molecule has 2 aliphatic rings. The van der Waals surface area contributed by atoms with Gasteiger partial charge < -0.3 is 15.2 Å². The Balaban J connectivity index is 1.43. The van der Waals surface area contributed by atoms with Gasteiger partial charge in [0.25, 0.3) is 0 Å². The largest absolute Gasteiger partial charge is 0.447 e. The van der Waals surface area contributed by atoms with E-state index in [1.165, 1.54) is 11.1 Å². The summed E-state index contributed by atoms with van der Waals surface area (Å²) in [5, 5.41) is 13.2. The Morgan fingerprint density at radius 2 is 2.06 bits per heavy atom. The van der Waals surface area contributed by atoms with Crippen molar-refractivity contribution in [3.63, 3.8) is 0 Å². The highest BCUT2D eigenvalue weighted by atomic mass is 19.1. The van der Waals surface area contributed by atoms with Crippen molar-refractivity contribution in [1.29, 1.82) is 0 Å². The Morgan fingerprint density at radius 3 is 2.74 bits per heavy atom. The lowest BCUT2D eigenvalue weighted by Gasteiger charge is -2.45. The van der Waals surface area contributed by atoms with E-state index in [1.807, 2.05) is 19.1 Å². The van der Waals surface area contributed by atoms with E-state index >= 15 is 4.39 Å². The van der Waals surface area contributed by atoms with Crippen molar-refractivity contribution in [2.24, 2.45) is 0 Å². The highest BCUT2D eigenvalue weighted by Crippen LogP contribution is 2.26. The first kappa shape index (κ1) is 25.3. The van der Waals surface area contributed by atoms with E-state index in [2.05, 4.69) is 46.0 Å². The molecule has 0 radical (unpaired) electrons. The number of aliphatic hydroxyl groups is 1. The van der Waals surface area contributed by atoms with E-state index < -0.39 is 18.2 Å². The van der Waals surface area contributed by atoms with Crippen LogP contribution in [0.3, 0.4) is 0 Å². The normalized spacial score (nSPS) is 22.7. The molecule has 0 unspecified atom stereocenters. The molecule has 4 rings (SSSR count). The zero-order chi connectivity index (χ0) is 25.3. The molecular weight excluding hydrogens is 451 g/mol. The molecule has 35 heavy (non-hydrogen) atoms. The van der Waals surface area contributed by atoms with Gasteiger partial charge in [0.1, 0.15) is 24.3 Å². The number of aliphatic hydroxyl groups excluding tert-OH is 1. The van der Waals surface area contributed by atoms with Gasteiger partial charge in [0, 0.05) is 43.5 Å². The summed E-state index contributed by atoms with van der Waals surface area (Å²) in [6, 6.07) is 6.12. The minimum absolute atomic E-state index is 0.0582. The van der Waals surface area contributed by atoms with E-state index in [1.54, 1.807) is 19.1 Å². The number of carbonyl (C=O) groups is 1. The number of aromatic nitrogens is 2. The molecule has 10 heteroatoms. The SMILES string of the molecule is C[C@H](Nc1nccc(N2C(=O)OC[C@@H]2[C@H](C)O)n1)c1ccc(CN2CCN(C)C(C)(C)C2)c(F)c1. The molecule has 0 aliphatic carbocycles. The second-order valence-corrected chi connectivity index (χ2v) is 10.2. The van der Waals surface area contributed by atoms with Crippen molar-refractivity contribution in [2.75, 3.05) is 43.5 Å². The maximum atomic E-state index is 15.0. The van der Waals surface area contributed by atoms with Crippen LogP contribution in [-0.2, 0) is 11.3 Å².